The number of carbonyl (C=O) groups is 2. The van der Waals surface area contributed by atoms with E-state index in [1.807, 2.05) is 0 Å². The molecule has 8 heteroatoms. The zero-order valence-electron chi connectivity index (χ0n) is 11.6. The molecule has 0 bridgehead atoms. The highest BCUT2D eigenvalue weighted by Gasteiger charge is 2.10. The highest BCUT2D eigenvalue weighted by Crippen LogP contribution is 2.21. The SMILES string of the molecule is COCCOCCNC(=O)Nc1ccc(C(=O)O)c(O)c1. The second kappa shape index (κ2) is 8.77. The van der Waals surface area contributed by atoms with Gasteiger partial charge in [0, 0.05) is 25.4 Å². The van der Waals surface area contributed by atoms with Crippen LogP contribution in [0.15, 0.2) is 18.2 Å². The Morgan fingerprint density at radius 1 is 1.24 bits per heavy atom. The summed E-state index contributed by atoms with van der Waals surface area (Å²) in [6.45, 7) is 1.60. The molecule has 0 spiro atoms. The summed E-state index contributed by atoms with van der Waals surface area (Å²) >= 11 is 0. The lowest BCUT2D eigenvalue weighted by molar-refractivity contribution is 0.0694. The van der Waals surface area contributed by atoms with Gasteiger partial charge in [-0.2, -0.15) is 0 Å². The first-order valence-corrected chi connectivity index (χ1v) is 6.22. The van der Waals surface area contributed by atoms with Crippen LogP contribution in [0.2, 0.25) is 0 Å². The molecule has 0 aromatic heterocycles. The van der Waals surface area contributed by atoms with Crippen LogP contribution in [-0.2, 0) is 9.47 Å². The molecule has 0 saturated heterocycles. The maximum absolute atomic E-state index is 11.5. The van der Waals surface area contributed by atoms with Crippen molar-refractivity contribution in [1.29, 1.82) is 0 Å². The second-order valence-corrected chi connectivity index (χ2v) is 4.02. The molecule has 1 rings (SSSR count). The molecule has 0 heterocycles. The molecule has 116 valence electrons. The van der Waals surface area contributed by atoms with E-state index in [0.717, 1.165) is 6.07 Å². The first-order chi connectivity index (χ1) is 10.0. The lowest BCUT2D eigenvalue weighted by atomic mass is 10.2. The smallest absolute Gasteiger partial charge is 0.339 e. The monoisotopic (exact) mass is 298 g/mol. The molecule has 2 amide bonds. The number of carboxylic acids is 1. The number of hydrogen-bond donors (Lipinski definition) is 4. The third-order valence-corrected chi connectivity index (χ3v) is 2.45. The highest BCUT2D eigenvalue weighted by atomic mass is 16.5. The number of aromatic hydroxyl groups is 1. The number of amides is 2. The summed E-state index contributed by atoms with van der Waals surface area (Å²) in [4.78, 5) is 22.3. The number of benzene rings is 1. The Labute approximate surface area is 121 Å². The van der Waals surface area contributed by atoms with Gasteiger partial charge in [-0.3, -0.25) is 0 Å². The molecule has 21 heavy (non-hydrogen) atoms. The van der Waals surface area contributed by atoms with Gasteiger partial charge in [0.2, 0.25) is 0 Å². The predicted molar refractivity (Wildman–Crippen MR) is 74.8 cm³/mol. The van der Waals surface area contributed by atoms with E-state index in [9.17, 15) is 14.7 Å². The second-order valence-electron chi connectivity index (χ2n) is 4.02. The minimum Gasteiger partial charge on any atom is -0.507 e. The number of anilines is 1. The minimum atomic E-state index is -1.24. The van der Waals surface area contributed by atoms with Crippen molar-refractivity contribution < 1.29 is 29.3 Å². The van der Waals surface area contributed by atoms with Crippen molar-refractivity contribution in [3.63, 3.8) is 0 Å². The van der Waals surface area contributed by atoms with Gasteiger partial charge in [0.1, 0.15) is 11.3 Å². The van der Waals surface area contributed by atoms with E-state index < -0.39 is 17.7 Å². The van der Waals surface area contributed by atoms with Crippen LogP contribution in [0.3, 0.4) is 0 Å². The number of hydrogen-bond acceptors (Lipinski definition) is 5. The fourth-order valence-electron chi connectivity index (χ4n) is 1.45. The quantitative estimate of drug-likeness (QED) is 0.529. The Kier molecular flexibility index (Phi) is 6.99. The topological polar surface area (TPSA) is 117 Å². The lowest BCUT2D eigenvalue weighted by Gasteiger charge is -2.09. The Morgan fingerprint density at radius 2 is 2.00 bits per heavy atom. The van der Waals surface area contributed by atoms with Crippen LogP contribution >= 0.6 is 0 Å². The summed E-state index contributed by atoms with van der Waals surface area (Å²) in [5.41, 5.74) is 0.0582. The predicted octanol–water partition coefficient (Wildman–Crippen LogP) is 0.875. The van der Waals surface area contributed by atoms with E-state index in [0.29, 0.717) is 26.4 Å². The first kappa shape index (κ1) is 16.7. The number of phenols is 1. The van der Waals surface area contributed by atoms with Crippen LogP contribution in [0.5, 0.6) is 5.75 Å². The van der Waals surface area contributed by atoms with Gasteiger partial charge >= 0.3 is 12.0 Å². The number of carbonyl (C=O) groups excluding carboxylic acids is 1. The van der Waals surface area contributed by atoms with Crippen LogP contribution in [-0.4, -0.2) is 55.7 Å². The summed E-state index contributed by atoms with van der Waals surface area (Å²) in [6.07, 6.45) is 0. The number of rotatable bonds is 8. The van der Waals surface area contributed by atoms with Crippen molar-refractivity contribution >= 4 is 17.7 Å². The molecule has 0 aliphatic carbocycles. The Bertz CT molecular complexity index is 492. The summed E-state index contributed by atoms with van der Waals surface area (Å²) < 4.78 is 9.96. The number of methoxy groups -OCH3 is 1. The van der Waals surface area contributed by atoms with E-state index in [1.165, 1.54) is 12.1 Å². The Hall–Kier alpha value is -2.32. The average Bonchev–Trinajstić information content (AvgIpc) is 2.42. The molecule has 0 unspecified atom stereocenters. The van der Waals surface area contributed by atoms with Crippen LogP contribution in [0.4, 0.5) is 10.5 Å². The largest absolute Gasteiger partial charge is 0.507 e. The minimum absolute atomic E-state index is 0.229. The third kappa shape index (κ3) is 6.11. The van der Waals surface area contributed by atoms with Crippen molar-refractivity contribution in [2.75, 3.05) is 38.8 Å². The van der Waals surface area contributed by atoms with Gasteiger partial charge in [-0.25, -0.2) is 9.59 Å². The summed E-state index contributed by atoms with van der Waals surface area (Å²) in [5.74, 6) is -1.65. The molecule has 0 aliphatic rings. The first-order valence-electron chi connectivity index (χ1n) is 6.22. The highest BCUT2D eigenvalue weighted by molar-refractivity contribution is 5.93. The van der Waals surface area contributed by atoms with E-state index in [2.05, 4.69) is 10.6 Å². The van der Waals surface area contributed by atoms with Crippen LogP contribution in [0, 0.1) is 0 Å². The Balaban J connectivity index is 2.34. The zero-order chi connectivity index (χ0) is 15.7. The van der Waals surface area contributed by atoms with Gasteiger partial charge in [-0.05, 0) is 12.1 Å². The van der Waals surface area contributed by atoms with Crippen molar-refractivity contribution in [2.45, 2.75) is 0 Å². The molecule has 0 aliphatic heterocycles. The van der Waals surface area contributed by atoms with E-state index >= 15 is 0 Å². The summed E-state index contributed by atoms with van der Waals surface area (Å²) in [5, 5.41) is 23.3. The molecule has 0 saturated carbocycles. The molecule has 1 aromatic rings. The molecular weight excluding hydrogens is 280 g/mol. The molecule has 0 fully saturated rings. The number of carboxylic acid groups (broad SMARTS) is 1. The van der Waals surface area contributed by atoms with Gasteiger partial charge in [0.05, 0.1) is 19.8 Å². The van der Waals surface area contributed by atoms with Crippen LogP contribution in [0.1, 0.15) is 10.4 Å². The fourth-order valence-corrected chi connectivity index (χ4v) is 1.45. The number of nitrogens with one attached hydrogen (secondary N) is 2. The van der Waals surface area contributed by atoms with Crippen molar-refractivity contribution in [3.05, 3.63) is 23.8 Å². The van der Waals surface area contributed by atoms with Gasteiger partial charge in [-0.1, -0.05) is 0 Å². The van der Waals surface area contributed by atoms with Crippen molar-refractivity contribution in [2.24, 2.45) is 0 Å². The van der Waals surface area contributed by atoms with Crippen molar-refractivity contribution in [1.82, 2.24) is 5.32 Å². The molecular formula is C13H18N2O6. The summed E-state index contributed by atoms with van der Waals surface area (Å²) in [6, 6.07) is 3.28. The van der Waals surface area contributed by atoms with Gasteiger partial charge in [0.15, 0.2) is 0 Å². The van der Waals surface area contributed by atoms with Gasteiger partial charge < -0.3 is 30.3 Å². The van der Waals surface area contributed by atoms with Crippen molar-refractivity contribution in [3.8, 4) is 5.75 Å². The maximum Gasteiger partial charge on any atom is 0.339 e. The standard InChI is InChI=1S/C13H18N2O6/c1-20-6-7-21-5-4-14-13(19)15-9-2-3-10(12(17)18)11(16)8-9/h2-3,8,16H,4-7H2,1H3,(H,17,18)(H2,14,15,19). The number of urea groups is 1. The van der Waals surface area contributed by atoms with E-state index in [4.69, 9.17) is 14.6 Å². The van der Waals surface area contributed by atoms with Crippen LogP contribution in [0.25, 0.3) is 0 Å². The zero-order valence-corrected chi connectivity index (χ0v) is 11.6. The van der Waals surface area contributed by atoms with Gasteiger partial charge in [0.25, 0.3) is 0 Å². The maximum atomic E-state index is 11.5. The normalized spacial score (nSPS) is 10.1. The Morgan fingerprint density at radius 3 is 2.62 bits per heavy atom. The van der Waals surface area contributed by atoms with Crippen LogP contribution < -0.4 is 10.6 Å². The average molecular weight is 298 g/mol. The number of aromatic carboxylic acids is 1. The number of ether oxygens (including phenoxy) is 2. The molecule has 1 aromatic carbocycles. The summed E-state index contributed by atoms with van der Waals surface area (Å²) in [7, 11) is 1.57. The van der Waals surface area contributed by atoms with E-state index in [-0.39, 0.29) is 11.3 Å². The molecule has 4 N–H and O–H groups in total. The van der Waals surface area contributed by atoms with E-state index in [1.54, 1.807) is 7.11 Å². The van der Waals surface area contributed by atoms with Gasteiger partial charge in [-0.15, -0.1) is 0 Å². The molecule has 0 radical (unpaired) electrons. The molecule has 0 atom stereocenters. The fraction of sp³-hybridized carbons (Fsp3) is 0.385. The molecule has 8 nitrogen and oxygen atoms in total. The lowest BCUT2D eigenvalue weighted by Crippen LogP contribution is -2.31. The third-order valence-electron chi connectivity index (χ3n) is 2.45.